The van der Waals surface area contributed by atoms with Gasteiger partial charge in [0.1, 0.15) is 11.4 Å². The summed E-state index contributed by atoms with van der Waals surface area (Å²) in [6.45, 7) is 14.7. The Balaban J connectivity index is 1.61. The summed E-state index contributed by atoms with van der Waals surface area (Å²) in [6.07, 6.45) is 9.65. The Morgan fingerprint density at radius 1 is 1.11 bits per heavy atom. The van der Waals surface area contributed by atoms with Gasteiger partial charge in [-0.05, 0) is 67.1 Å². The molecule has 9 atom stereocenters. The van der Waals surface area contributed by atoms with E-state index in [1.54, 1.807) is 13.0 Å². The summed E-state index contributed by atoms with van der Waals surface area (Å²) in [7, 11) is 0. The maximum absolute atomic E-state index is 14.2. The van der Waals surface area contributed by atoms with Gasteiger partial charge < -0.3 is 20.1 Å². The standard InChI is InChI=1S/C30H44O6/c1-18(23(33)34)9-8-10-19(2)26(6)17-29(35)30(36-29)27(26,7)15-13-22(32)28(30)16-11-20-24(3,4)21(31)12-14-25(20,28)5/h8-10,19-21,31,35H,11-17H2,1-7H3,(H,33,34). The Morgan fingerprint density at radius 3 is 2.42 bits per heavy atom. The van der Waals surface area contributed by atoms with E-state index in [4.69, 9.17) is 4.74 Å². The van der Waals surface area contributed by atoms with Crippen molar-refractivity contribution in [3.05, 3.63) is 23.8 Å². The number of hydrogen-bond donors (Lipinski definition) is 3. The van der Waals surface area contributed by atoms with Gasteiger partial charge in [-0.25, -0.2) is 4.79 Å². The number of aliphatic carboxylic acids is 1. The Kier molecular flexibility index (Phi) is 5.32. The molecular formula is C30H44O6. The Morgan fingerprint density at radius 2 is 1.78 bits per heavy atom. The maximum Gasteiger partial charge on any atom is 0.331 e. The fraction of sp³-hybridized carbons (Fsp3) is 0.800. The number of Topliss-reactive ketones (excluding diaryl/α,β-unsaturated/α-hetero) is 1. The van der Waals surface area contributed by atoms with Crippen LogP contribution in [0.25, 0.3) is 0 Å². The predicted molar refractivity (Wildman–Crippen MR) is 136 cm³/mol. The first-order valence-electron chi connectivity index (χ1n) is 13.7. The van der Waals surface area contributed by atoms with E-state index in [0.717, 1.165) is 12.8 Å². The average Bonchev–Trinajstić information content (AvgIpc) is 3.20. The number of aliphatic hydroxyl groups is 2. The lowest BCUT2D eigenvalue weighted by molar-refractivity contribution is -0.195. The molecule has 1 heterocycles. The number of epoxide rings is 1. The summed E-state index contributed by atoms with van der Waals surface area (Å²) in [6, 6.07) is 0. The van der Waals surface area contributed by atoms with Crippen LogP contribution in [0.1, 0.15) is 93.4 Å². The van der Waals surface area contributed by atoms with E-state index in [0.29, 0.717) is 32.1 Å². The zero-order valence-corrected chi connectivity index (χ0v) is 23.0. The van der Waals surface area contributed by atoms with Crippen molar-refractivity contribution in [2.75, 3.05) is 0 Å². The highest BCUT2D eigenvalue weighted by Gasteiger charge is 2.97. The van der Waals surface area contributed by atoms with Crippen LogP contribution < -0.4 is 0 Å². The molecule has 9 unspecified atom stereocenters. The lowest BCUT2D eigenvalue weighted by Gasteiger charge is -2.62. The van der Waals surface area contributed by atoms with E-state index in [2.05, 4.69) is 41.5 Å². The highest BCUT2D eigenvalue weighted by atomic mass is 16.8. The van der Waals surface area contributed by atoms with Crippen molar-refractivity contribution in [1.82, 2.24) is 0 Å². The Hall–Kier alpha value is -1.50. The summed E-state index contributed by atoms with van der Waals surface area (Å²) in [5, 5.41) is 32.2. The molecule has 4 aliphatic carbocycles. The van der Waals surface area contributed by atoms with Gasteiger partial charge in [0, 0.05) is 23.8 Å². The third-order valence-electron chi connectivity index (χ3n) is 12.7. The van der Waals surface area contributed by atoms with E-state index in [9.17, 15) is 24.9 Å². The molecule has 1 saturated heterocycles. The van der Waals surface area contributed by atoms with Crippen molar-refractivity contribution in [3.63, 3.8) is 0 Å². The van der Waals surface area contributed by atoms with Crippen LogP contribution in [0.4, 0.5) is 0 Å². The van der Waals surface area contributed by atoms with Gasteiger partial charge >= 0.3 is 5.97 Å². The van der Waals surface area contributed by atoms with Crippen LogP contribution in [0.15, 0.2) is 23.8 Å². The zero-order valence-electron chi connectivity index (χ0n) is 23.0. The van der Waals surface area contributed by atoms with E-state index in [-0.39, 0.29) is 39.4 Å². The molecule has 0 aromatic rings. The van der Waals surface area contributed by atoms with Gasteiger partial charge in [-0.15, -0.1) is 0 Å². The smallest absolute Gasteiger partial charge is 0.331 e. The molecule has 0 amide bonds. The number of ketones is 1. The molecule has 6 heteroatoms. The van der Waals surface area contributed by atoms with Gasteiger partial charge in [0.2, 0.25) is 0 Å². The van der Waals surface area contributed by atoms with Crippen LogP contribution in [-0.2, 0) is 14.3 Å². The van der Waals surface area contributed by atoms with Crippen molar-refractivity contribution in [3.8, 4) is 0 Å². The van der Waals surface area contributed by atoms with Gasteiger partial charge in [0.05, 0.1) is 11.5 Å². The molecule has 5 aliphatic rings. The number of carbonyl (C=O) groups excluding carboxylic acids is 1. The quantitative estimate of drug-likeness (QED) is 0.284. The number of carboxylic acid groups (broad SMARTS) is 1. The summed E-state index contributed by atoms with van der Waals surface area (Å²) in [5.41, 5.74) is -2.87. The molecule has 36 heavy (non-hydrogen) atoms. The van der Waals surface area contributed by atoms with Crippen LogP contribution in [0.5, 0.6) is 0 Å². The Bertz CT molecular complexity index is 1080. The summed E-state index contributed by atoms with van der Waals surface area (Å²) < 4.78 is 6.53. The number of rotatable bonds is 4. The first kappa shape index (κ1) is 26.1. The topological polar surface area (TPSA) is 107 Å². The van der Waals surface area contributed by atoms with Crippen LogP contribution in [-0.4, -0.2) is 44.6 Å². The molecule has 6 nitrogen and oxygen atoms in total. The minimum absolute atomic E-state index is 0.0394. The molecule has 0 radical (unpaired) electrons. The van der Waals surface area contributed by atoms with E-state index >= 15 is 0 Å². The van der Waals surface area contributed by atoms with Gasteiger partial charge in [-0.2, -0.15) is 0 Å². The van der Waals surface area contributed by atoms with Crippen LogP contribution in [0.2, 0.25) is 0 Å². The molecule has 2 spiro atoms. The third-order valence-corrected chi connectivity index (χ3v) is 12.7. The Labute approximate surface area is 215 Å². The normalized spacial score (nSPS) is 52.2. The molecule has 0 aromatic heterocycles. The average molecular weight is 501 g/mol. The SMILES string of the molecule is CC(=CC=CC(C)C1(C)CC2(O)OC23C1(C)CCC(=O)C31CCC2C(C)(C)C(O)CCC21C)C(=O)O. The lowest BCUT2D eigenvalue weighted by Crippen LogP contribution is -2.68. The fourth-order valence-electron chi connectivity index (χ4n) is 10.4. The molecule has 0 aromatic carbocycles. The lowest BCUT2D eigenvalue weighted by atomic mass is 9.39. The first-order valence-corrected chi connectivity index (χ1v) is 13.7. The molecule has 200 valence electrons. The molecular weight excluding hydrogens is 456 g/mol. The van der Waals surface area contributed by atoms with Crippen LogP contribution in [0.3, 0.4) is 0 Å². The van der Waals surface area contributed by atoms with E-state index in [1.807, 2.05) is 12.2 Å². The number of carboxylic acids is 1. The van der Waals surface area contributed by atoms with Crippen molar-refractivity contribution < 1.29 is 29.6 Å². The minimum Gasteiger partial charge on any atom is -0.478 e. The van der Waals surface area contributed by atoms with Crippen LogP contribution >= 0.6 is 0 Å². The van der Waals surface area contributed by atoms with Gasteiger partial charge in [-0.1, -0.05) is 59.8 Å². The second-order valence-electron chi connectivity index (χ2n) is 14.0. The summed E-state index contributed by atoms with van der Waals surface area (Å²) in [5.74, 6) is -1.83. The second-order valence-corrected chi connectivity index (χ2v) is 14.0. The molecule has 3 N–H and O–H groups in total. The van der Waals surface area contributed by atoms with Crippen molar-refractivity contribution >= 4 is 11.8 Å². The van der Waals surface area contributed by atoms with Crippen LogP contribution in [0, 0.1) is 38.9 Å². The molecule has 1 aliphatic heterocycles. The summed E-state index contributed by atoms with van der Waals surface area (Å²) in [4.78, 5) is 25.4. The number of ether oxygens (including phenoxy) is 1. The minimum atomic E-state index is -1.35. The van der Waals surface area contributed by atoms with E-state index < -0.39 is 34.3 Å². The van der Waals surface area contributed by atoms with Crippen molar-refractivity contribution in [2.24, 2.45) is 38.9 Å². The first-order chi connectivity index (χ1) is 16.5. The van der Waals surface area contributed by atoms with Gasteiger partial charge in [0.25, 0.3) is 0 Å². The maximum atomic E-state index is 14.2. The number of hydrogen-bond acceptors (Lipinski definition) is 5. The largest absolute Gasteiger partial charge is 0.478 e. The number of allylic oxidation sites excluding steroid dienone is 3. The predicted octanol–water partition coefficient (Wildman–Crippen LogP) is 5.03. The molecule has 5 fully saturated rings. The molecule has 4 saturated carbocycles. The number of fused-ring (bicyclic) bond motifs is 2. The highest BCUT2D eigenvalue weighted by molar-refractivity contribution is 5.91. The van der Waals surface area contributed by atoms with Crippen molar-refractivity contribution in [2.45, 2.75) is 111 Å². The number of aliphatic hydroxyl groups excluding tert-OH is 1. The monoisotopic (exact) mass is 500 g/mol. The second kappa shape index (κ2) is 7.33. The molecule has 5 rings (SSSR count). The fourth-order valence-corrected chi connectivity index (χ4v) is 10.4. The van der Waals surface area contributed by atoms with Gasteiger partial charge in [-0.3, -0.25) is 4.79 Å². The molecule has 0 bridgehead atoms. The third kappa shape index (κ3) is 2.59. The number of carbonyl (C=O) groups is 2. The van der Waals surface area contributed by atoms with Gasteiger partial charge in [0.15, 0.2) is 5.79 Å². The highest BCUT2D eigenvalue weighted by Crippen LogP contribution is 2.88. The van der Waals surface area contributed by atoms with E-state index in [1.165, 1.54) is 0 Å². The summed E-state index contributed by atoms with van der Waals surface area (Å²) >= 11 is 0. The van der Waals surface area contributed by atoms with Crippen molar-refractivity contribution in [1.29, 1.82) is 0 Å². The zero-order chi connectivity index (χ0) is 26.7.